The second kappa shape index (κ2) is 9.33. The summed E-state index contributed by atoms with van der Waals surface area (Å²) in [5.41, 5.74) is 0. The molecule has 2 aromatic carbocycles. The van der Waals surface area contributed by atoms with Gasteiger partial charge in [-0.25, -0.2) is 0 Å². The van der Waals surface area contributed by atoms with E-state index < -0.39 is 8.32 Å². The summed E-state index contributed by atoms with van der Waals surface area (Å²) in [4.78, 5) is 0. The smallest absolute Gasteiger partial charge is 0.261 e. The quantitative estimate of drug-likeness (QED) is 0.405. The van der Waals surface area contributed by atoms with E-state index in [-0.39, 0.29) is 11.1 Å². The number of fused-ring (bicyclic) bond motifs is 2. The third-order valence-corrected chi connectivity index (χ3v) is 12.5. The molecule has 4 atom stereocenters. The fourth-order valence-electron chi connectivity index (χ4n) is 6.05. The van der Waals surface area contributed by atoms with Crippen LogP contribution in [0, 0.1) is 29.6 Å². The molecule has 3 heteroatoms. The van der Waals surface area contributed by atoms with Gasteiger partial charge < -0.3 is 9.53 Å². The van der Waals surface area contributed by atoms with Crippen molar-refractivity contribution in [2.45, 2.75) is 64.0 Å². The second-order valence-corrected chi connectivity index (χ2v) is 14.6. The van der Waals surface area contributed by atoms with Gasteiger partial charge in [0.05, 0.1) is 6.10 Å². The van der Waals surface area contributed by atoms with Gasteiger partial charge in [-0.05, 0) is 52.4 Å². The maximum absolute atomic E-state index is 10.1. The highest BCUT2D eigenvalue weighted by atomic mass is 28.4. The predicted octanol–water partition coefficient (Wildman–Crippen LogP) is 4.75. The lowest BCUT2D eigenvalue weighted by atomic mass is 9.94. The largest absolute Gasteiger partial charge is 0.406 e. The summed E-state index contributed by atoms with van der Waals surface area (Å²) in [5, 5.41) is 12.8. The fraction of sp³-hybridized carbons (Fsp3) is 0.500. The van der Waals surface area contributed by atoms with Crippen molar-refractivity contribution in [1.29, 1.82) is 0 Å². The molecule has 2 nitrogen and oxygen atoms in total. The van der Waals surface area contributed by atoms with E-state index in [0.29, 0.717) is 24.4 Å². The van der Waals surface area contributed by atoms with Crippen molar-refractivity contribution >= 4 is 18.7 Å². The minimum Gasteiger partial charge on any atom is -0.406 e. The summed E-state index contributed by atoms with van der Waals surface area (Å²) in [7, 11) is -2.46. The fourth-order valence-corrected chi connectivity index (χ4v) is 10.6. The first kappa shape index (κ1) is 22.3. The first-order valence-electron chi connectivity index (χ1n) is 11.8. The van der Waals surface area contributed by atoms with Crippen LogP contribution in [-0.2, 0) is 4.43 Å². The Balaban J connectivity index is 1.48. The molecule has 4 rings (SSSR count). The molecule has 2 bridgehead atoms. The molecule has 0 radical (unpaired) electrons. The Morgan fingerprint density at radius 3 is 2.03 bits per heavy atom. The van der Waals surface area contributed by atoms with Gasteiger partial charge in [-0.15, -0.1) is 11.8 Å². The van der Waals surface area contributed by atoms with Crippen LogP contribution in [0.5, 0.6) is 0 Å². The van der Waals surface area contributed by atoms with Crippen LogP contribution in [0.4, 0.5) is 0 Å². The van der Waals surface area contributed by atoms with Gasteiger partial charge in [0.25, 0.3) is 8.32 Å². The highest BCUT2D eigenvalue weighted by Crippen LogP contribution is 2.50. The molecule has 2 aromatic rings. The van der Waals surface area contributed by atoms with Gasteiger partial charge in [0, 0.05) is 19.4 Å². The van der Waals surface area contributed by atoms with E-state index in [9.17, 15) is 5.11 Å². The van der Waals surface area contributed by atoms with Crippen LogP contribution in [0.25, 0.3) is 0 Å². The molecule has 2 fully saturated rings. The van der Waals surface area contributed by atoms with Crippen LogP contribution in [0.15, 0.2) is 60.7 Å². The molecule has 0 spiro atoms. The van der Waals surface area contributed by atoms with Crippen LogP contribution < -0.4 is 10.4 Å². The molecule has 2 aliphatic carbocycles. The Kier molecular flexibility index (Phi) is 6.72. The topological polar surface area (TPSA) is 29.5 Å². The van der Waals surface area contributed by atoms with Gasteiger partial charge in [0.15, 0.2) is 0 Å². The van der Waals surface area contributed by atoms with E-state index in [1.807, 2.05) is 0 Å². The molecular weight excluding hydrogens is 396 g/mol. The summed E-state index contributed by atoms with van der Waals surface area (Å²) < 4.78 is 6.91. The molecule has 2 aliphatic rings. The van der Waals surface area contributed by atoms with E-state index in [1.54, 1.807) is 0 Å². The highest BCUT2D eigenvalue weighted by molar-refractivity contribution is 6.99. The Bertz CT molecular complexity index is 867. The normalized spacial score (nSPS) is 25.3. The zero-order chi connectivity index (χ0) is 21.9. The lowest BCUT2D eigenvalue weighted by Crippen LogP contribution is -2.66. The molecule has 0 unspecified atom stereocenters. The third kappa shape index (κ3) is 4.39. The van der Waals surface area contributed by atoms with Crippen LogP contribution >= 0.6 is 0 Å². The zero-order valence-electron chi connectivity index (χ0n) is 19.2. The molecule has 31 heavy (non-hydrogen) atoms. The molecular formula is C28H36O2Si. The van der Waals surface area contributed by atoms with Gasteiger partial charge in [-0.3, -0.25) is 0 Å². The van der Waals surface area contributed by atoms with Gasteiger partial charge >= 0.3 is 0 Å². The van der Waals surface area contributed by atoms with Crippen molar-refractivity contribution in [3.05, 3.63) is 60.7 Å². The Morgan fingerprint density at radius 2 is 1.55 bits per heavy atom. The van der Waals surface area contributed by atoms with Crippen molar-refractivity contribution in [3.63, 3.8) is 0 Å². The van der Waals surface area contributed by atoms with Gasteiger partial charge in [0.2, 0.25) is 0 Å². The Hall–Kier alpha value is -1.86. The molecule has 0 aliphatic heterocycles. The van der Waals surface area contributed by atoms with Crippen LogP contribution in [0.2, 0.25) is 5.04 Å². The monoisotopic (exact) mass is 432 g/mol. The molecule has 0 aromatic heterocycles. The molecule has 0 heterocycles. The molecule has 1 N–H and O–H groups in total. The maximum atomic E-state index is 10.1. The number of rotatable bonds is 6. The van der Waals surface area contributed by atoms with Crippen LogP contribution in [-0.4, -0.2) is 26.1 Å². The SMILES string of the molecule is CC(C)(C)[Si](OCCC#CC[C@@H]1[C@H]2CC[C@@H]1[C@@H](O)C2)(c1ccccc1)c1ccccc1. The van der Waals surface area contributed by atoms with E-state index in [0.717, 1.165) is 19.3 Å². The van der Waals surface area contributed by atoms with Crippen LogP contribution in [0.1, 0.15) is 52.9 Å². The molecule has 164 valence electrons. The number of hydrogen-bond acceptors (Lipinski definition) is 2. The number of hydrogen-bond donors (Lipinski definition) is 1. The second-order valence-electron chi connectivity index (χ2n) is 10.3. The maximum Gasteiger partial charge on any atom is 0.261 e. The zero-order valence-corrected chi connectivity index (χ0v) is 20.2. The lowest BCUT2D eigenvalue weighted by Gasteiger charge is -2.43. The summed E-state index contributed by atoms with van der Waals surface area (Å²) in [6.07, 6.45) is 5.08. The summed E-state index contributed by atoms with van der Waals surface area (Å²) in [6, 6.07) is 21.6. The van der Waals surface area contributed by atoms with Crippen molar-refractivity contribution < 1.29 is 9.53 Å². The van der Waals surface area contributed by atoms with Crippen molar-refractivity contribution in [3.8, 4) is 11.8 Å². The summed E-state index contributed by atoms with van der Waals surface area (Å²) in [6.45, 7) is 7.59. The molecule has 0 saturated heterocycles. The number of benzene rings is 2. The van der Waals surface area contributed by atoms with E-state index >= 15 is 0 Å². The highest BCUT2D eigenvalue weighted by Gasteiger charge is 2.50. The average molecular weight is 433 g/mol. The van der Waals surface area contributed by atoms with Crippen molar-refractivity contribution in [2.75, 3.05) is 6.61 Å². The molecule has 0 amide bonds. The lowest BCUT2D eigenvalue weighted by molar-refractivity contribution is 0.107. The summed E-state index contributed by atoms with van der Waals surface area (Å²) >= 11 is 0. The minimum absolute atomic E-state index is 0.00230. The van der Waals surface area contributed by atoms with Crippen LogP contribution in [0.3, 0.4) is 0 Å². The first-order chi connectivity index (χ1) is 14.9. The molecule has 2 saturated carbocycles. The summed E-state index contributed by atoms with van der Waals surface area (Å²) in [5.74, 6) is 8.62. The van der Waals surface area contributed by atoms with Crippen molar-refractivity contribution in [1.82, 2.24) is 0 Å². The Labute approximate surface area is 189 Å². The number of aliphatic hydroxyl groups excluding tert-OH is 1. The Morgan fingerprint density at radius 1 is 0.935 bits per heavy atom. The number of aliphatic hydroxyl groups is 1. The minimum atomic E-state index is -2.46. The standard InChI is InChI=1S/C28H36O2Si/c1-28(2,3)31(23-13-7-4-8-14-23,24-15-9-5-10-16-24)30-20-12-6-11-17-25-22-18-19-26(25)27(29)21-22/h4-5,7-10,13-16,22,25-27,29H,12,17-21H2,1-3H3/t22-,25+,26-,27-/m0/s1. The predicted molar refractivity (Wildman–Crippen MR) is 131 cm³/mol. The van der Waals surface area contributed by atoms with Gasteiger partial charge in [-0.2, -0.15) is 0 Å². The first-order valence-corrected chi connectivity index (χ1v) is 13.7. The van der Waals surface area contributed by atoms with Gasteiger partial charge in [-0.1, -0.05) is 81.4 Å². The van der Waals surface area contributed by atoms with E-state index in [2.05, 4.69) is 93.3 Å². The van der Waals surface area contributed by atoms with E-state index in [4.69, 9.17) is 4.43 Å². The van der Waals surface area contributed by atoms with E-state index in [1.165, 1.54) is 23.2 Å². The van der Waals surface area contributed by atoms with Gasteiger partial charge in [0.1, 0.15) is 0 Å². The average Bonchev–Trinajstić information content (AvgIpc) is 3.29. The third-order valence-electron chi connectivity index (χ3n) is 7.49. The van der Waals surface area contributed by atoms with Crippen molar-refractivity contribution in [2.24, 2.45) is 17.8 Å².